The number of rotatable bonds is 20. The van der Waals surface area contributed by atoms with Crippen LogP contribution in [0.3, 0.4) is 0 Å². The van der Waals surface area contributed by atoms with Gasteiger partial charge in [0.25, 0.3) is 0 Å². The van der Waals surface area contributed by atoms with Crippen LogP contribution in [-0.4, -0.2) is 104 Å². The molecule has 0 unspecified atom stereocenters. The summed E-state index contributed by atoms with van der Waals surface area (Å²) in [6, 6.07) is 9.45. The monoisotopic (exact) mass is 1040 g/mol. The van der Waals surface area contributed by atoms with E-state index >= 15 is 0 Å². The number of likely N-dealkylation sites (tertiary alicyclic amines) is 1. The lowest BCUT2D eigenvalue weighted by Crippen LogP contribution is -2.57. The Morgan fingerprint density at radius 1 is 0.931 bits per heavy atom. The second kappa shape index (κ2) is 24.1. The molecule has 2 aromatic carbocycles. The minimum Gasteiger partial charge on any atom is -0.391 e. The molecule has 0 radical (unpaired) electrons. The number of aromatic nitrogens is 3. The van der Waals surface area contributed by atoms with Crippen molar-refractivity contribution in [1.29, 1.82) is 0 Å². The molecule has 0 saturated carbocycles. The first kappa shape index (κ1) is 54.4. The van der Waals surface area contributed by atoms with E-state index in [1.807, 2.05) is 70.5 Å². The normalized spacial score (nSPS) is 18.0. The van der Waals surface area contributed by atoms with Crippen LogP contribution in [0.25, 0.3) is 10.4 Å². The van der Waals surface area contributed by atoms with Crippen molar-refractivity contribution in [3.63, 3.8) is 0 Å². The second-order valence-corrected chi connectivity index (χ2v) is 22.9. The first-order valence-corrected chi connectivity index (χ1v) is 27.2. The Morgan fingerprint density at radius 2 is 1.62 bits per heavy atom. The molecule has 0 spiro atoms. The van der Waals surface area contributed by atoms with Crippen molar-refractivity contribution in [2.45, 2.75) is 158 Å². The van der Waals surface area contributed by atoms with Crippen LogP contribution in [0.5, 0.6) is 0 Å². The highest BCUT2D eigenvalue weighted by Gasteiger charge is 2.45. The molecule has 2 aromatic heterocycles. The van der Waals surface area contributed by atoms with E-state index in [9.17, 15) is 29.1 Å². The summed E-state index contributed by atoms with van der Waals surface area (Å²) in [4.78, 5) is 85.6. The van der Waals surface area contributed by atoms with E-state index in [0.29, 0.717) is 40.9 Å². The lowest BCUT2D eigenvalue weighted by Gasteiger charge is -2.37. The number of carbonyl (C=O) groups excluding carboxylic acids is 5. The average Bonchev–Trinajstić information content (AvgIpc) is 3.96. The molecular formula is C52H70ClN11O6S2. The van der Waals surface area contributed by atoms with E-state index in [2.05, 4.69) is 48.4 Å². The third-order valence-corrected chi connectivity index (χ3v) is 16.2. The van der Waals surface area contributed by atoms with Crippen molar-refractivity contribution >= 4 is 87.2 Å². The van der Waals surface area contributed by atoms with Crippen molar-refractivity contribution in [1.82, 2.24) is 35.8 Å². The number of piperidine rings is 1. The third-order valence-electron chi connectivity index (χ3n) is 13.5. The lowest BCUT2D eigenvalue weighted by molar-refractivity contribution is -0.144. The number of carbonyl (C=O) groups is 5. The molecule has 20 heteroatoms. The van der Waals surface area contributed by atoms with Gasteiger partial charge in [-0.2, -0.15) is 0 Å². The van der Waals surface area contributed by atoms with Gasteiger partial charge in [0.1, 0.15) is 22.9 Å². The molecule has 4 aromatic rings. The summed E-state index contributed by atoms with van der Waals surface area (Å²) in [5.41, 5.74) is 11.5. The Morgan fingerprint density at radius 3 is 2.33 bits per heavy atom. The highest BCUT2D eigenvalue weighted by Crippen LogP contribution is 2.48. The van der Waals surface area contributed by atoms with E-state index in [-0.39, 0.29) is 67.4 Å². The van der Waals surface area contributed by atoms with Crippen molar-refractivity contribution in [2.24, 2.45) is 11.1 Å². The van der Waals surface area contributed by atoms with Crippen LogP contribution in [0.1, 0.15) is 129 Å². The zero-order valence-corrected chi connectivity index (χ0v) is 44.6. The molecule has 5 amide bonds. The van der Waals surface area contributed by atoms with Crippen molar-refractivity contribution in [3.05, 3.63) is 64.4 Å². The third kappa shape index (κ3) is 14.2. The summed E-state index contributed by atoms with van der Waals surface area (Å²) in [5.74, 6) is 0.103. The first-order chi connectivity index (χ1) is 34.3. The molecule has 2 fully saturated rings. The summed E-state index contributed by atoms with van der Waals surface area (Å²) in [7, 11) is 0. The van der Waals surface area contributed by atoms with E-state index in [4.69, 9.17) is 22.3 Å². The predicted molar refractivity (Wildman–Crippen MR) is 284 cm³/mol. The molecule has 72 heavy (non-hydrogen) atoms. The number of anilines is 4. The summed E-state index contributed by atoms with van der Waals surface area (Å²) in [6.07, 6.45) is 7.72. The van der Waals surface area contributed by atoms with Crippen LogP contribution in [-0.2, 0) is 24.0 Å². The van der Waals surface area contributed by atoms with Gasteiger partial charge in [0.15, 0.2) is 5.82 Å². The van der Waals surface area contributed by atoms with Gasteiger partial charge in [0.2, 0.25) is 29.5 Å². The van der Waals surface area contributed by atoms with Crippen molar-refractivity contribution in [2.75, 3.05) is 41.7 Å². The lowest BCUT2D eigenvalue weighted by atomic mass is 9.85. The molecule has 0 bridgehead atoms. The van der Waals surface area contributed by atoms with Gasteiger partial charge in [-0.15, -0.1) is 11.3 Å². The van der Waals surface area contributed by atoms with Gasteiger partial charge < -0.3 is 47.2 Å². The van der Waals surface area contributed by atoms with Gasteiger partial charge in [0, 0.05) is 57.4 Å². The number of aryl methyl sites for hydroxylation is 1. The van der Waals surface area contributed by atoms with Gasteiger partial charge >= 0.3 is 0 Å². The number of hydrogen-bond acceptors (Lipinski definition) is 14. The van der Waals surface area contributed by atoms with Crippen LogP contribution < -0.4 is 37.2 Å². The fraction of sp³-hybridized carbons (Fsp3) is 0.538. The number of halogens is 1. The number of hydrogen-bond donors (Lipinski definition) is 7. The molecule has 0 aliphatic carbocycles. The zero-order valence-electron chi connectivity index (χ0n) is 42.2. The SMILES string of the molecule is Cc1ncsc1-c1ccc([C@H](C)NC(=O)[C@@H]2C[C@@H](O)CN2C(=O)[C@@H](NC(=O)CCCCCCCNC(=O)CCCC(=O)Nc2ccc3c(c2Cl)Sc2ncc(N4CCC(C)(N)CC4)nc2N3)C(C)(C)C)cc1. The van der Waals surface area contributed by atoms with E-state index in [1.54, 1.807) is 23.6 Å². The van der Waals surface area contributed by atoms with Crippen molar-refractivity contribution < 1.29 is 29.1 Å². The summed E-state index contributed by atoms with van der Waals surface area (Å²) < 4.78 is 0. The molecule has 17 nitrogen and oxygen atoms in total. The van der Waals surface area contributed by atoms with E-state index in [0.717, 1.165) is 89.7 Å². The van der Waals surface area contributed by atoms with Crippen LogP contribution in [0, 0.1) is 12.3 Å². The molecule has 7 rings (SSSR count). The molecular weight excluding hydrogens is 974 g/mol. The van der Waals surface area contributed by atoms with Crippen LogP contribution in [0.2, 0.25) is 5.02 Å². The first-order valence-electron chi connectivity index (χ1n) is 25.1. The number of nitrogens with one attached hydrogen (secondary N) is 5. The van der Waals surface area contributed by atoms with Crippen LogP contribution in [0.4, 0.5) is 23.0 Å². The predicted octanol–water partition coefficient (Wildman–Crippen LogP) is 8.02. The summed E-state index contributed by atoms with van der Waals surface area (Å²) in [5, 5.41) is 26.9. The Hall–Kier alpha value is -5.34. The highest BCUT2D eigenvalue weighted by molar-refractivity contribution is 7.99. The van der Waals surface area contributed by atoms with E-state index in [1.165, 1.54) is 16.7 Å². The van der Waals surface area contributed by atoms with Gasteiger partial charge in [-0.25, -0.2) is 15.0 Å². The van der Waals surface area contributed by atoms with Gasteiger partial charge in [-0.3, -0.25) is 24.0 Å². The number of aliphatic hydroxyl groups is 1. The molecule has 388 valence electrons. The van der Waals surface area contributed by atoms with Gasteiger partial charge in [0.05, 0.1) is 55.7 Å². The molecule has 4 atom stereocenters. The number of β-amino-alcohol motifs (C(OH)–C–C–N with tert-alkyl or cyclic N) is 1. The number of nitrogens with zero attached hydrogens (tertiary/aromatic N) is 5. The maximum absolute atomic E-state index is 14.1. The van der Waals surface area contributed by atoms with Gasteiger partial charge in [-0.05, 0) is 81.5 Å². The Labute approximate surface area is 436 Å². The number of aliphatic hydroxyl groups excluding tert-OH is 1. The minimum atomic E-state index is -0.895. The average molecular weight is 1040 g/mol. The molecule has 2 saturated heterocycles. The summed E-state index contributed by atoms with van der Waals surface area (Å²) >= 11 is 9.76. The molecule has 8 N–H and O–H groups in total. The topological polar surface area (TPSA) is 237 Å². The summed E-state index contributed by atoms with van der Waals surface area (Å²) in [6.45, 7) is 13.7. The molecule has 3 aliphatic rings. The number of unbranched alkanes of at least 4 members (excludes halogenated alkanes) is 4. The Bertz CT molecular complexity index is 2580. The quantitative estimate of drug-likeness (QED) is 0.0366. The zero-order chi connectivity index (χ0) is 51.7. The van der Waals surface area contributed by atoms with Gasteiger partial charge in [-0.1, -0.05) is 87.7 Å². The highest BCUT2D eigenvalue weighted by atomic mass is 35.5. The largest absolute Gasteiger partial charge is 0.391 e. The number of thiazole rings is 1. The van der Waals surface area contributed by atoms with E-state index < -0.39 is 29.5 Å². The maximum Gasteiger partial charge on any atom is 0.246 e. The smallest absolute Gasteiger partial charge is 0.246 e. The Kier molecular flexibility index (Phi) is 18.2. The molecule has 3 aliphatic heterocycles. The van der Waals surface area contributed by atoms with Crippen LogP contribution in [0.15, 0.2) is 58.0 Å². The fourth-order valence-corrected chi connectivity index (χ4v) is 11.2. The standard InChI is InChI=1S/C52H70ClN11O6S2/c1-31(33-16-18-34(19-17-33)44-32(2)57-30-71-44)58-48(69)38-27-35(65)29-64(38)50(70)46(51(3,4)5)62-42(68)13-10-8-7-9-11-24-55-40(66)14-12-15-41(67)59-36-20-21-37-45(43(36)53)72-49-47(60-37)61-39(28-56-49)63-25-22-52(6,54)23-26-63/h16-21,28,30-31,35,38,46,65H,7-15,22-27,29,54H2,1-6H3,(H,55,66)(H,58,69)(H,59,67)(H,60,61)(H,62,68)/t31-,35+,38-,46+/m0/s1. The maximum atomic E-state index is 14.1. The van der Waals surface area contributed by atoms with Crippen LogP contribution >= 0.6 is 34.7 Å². The minimum absolute atomic E-state index is 0.00287. The fourth-order valence-electron chi connectivity index (χ4n) is 9.13. The number of amides is 5. The second-order valence-electron chi connectivity index (χ2n) is 20.7. The number of nitrogens with two attached hydrogens (primary N) is 1. The number of benzene rings is 2. The number of fused-ring (bicyclic) bond motifs is 2. The van der Waals surface area contributed by atoms with Crippen molar-refractivity contribution in [3.8, 4) is 10.4 Å². The Balaban J connectivity index is 0.758. The molecule has 5 heterocycles.